The van der Waals surface area contributed by atoms with Gasteiger partial charge in [0, 0.05) is 22.3 Å². The monoisotopic (exact) mass is 335 g/mol. The van der Waals surface area contributed by atoms with E-state index in [0.29, 0.717) is 0 Å². The molecule has 0 unspecified atom stereocenters. The van der Waals surface area contributed by atoms with Gasteiger partial charge in [-0.25, -0.2) is 0 Å². The Labute approximate surface area is 147 Å². The highest BCUT2D eigenvalue weighted by Gasteiger charge is 2.16. The van der Waals surface area contributed by atoms with Crippen LogP contribution >= 0.6 is 23.5 Å². The number of allylic oxidation sites excluding steroid dienone is 8. The van der Waals surface area contributed by atoms with Crippen LogP contribution in [0, 0.1) is 26.8 Å². The van der Waals surface area contributed by atoms with E-state index in [4.69, 9.17) is 0 Å². The van der Waals surface area contributed by atoms with E-state index in [1.807, 2.05) is 41.8 Å². The Bertz CT molecular complexity index is 811. The van der Waals surface area contributed by atoms with Gasteiger partial charge in [-0.3, -0.25) is 0 Å². The van der Waals surface area contributed by atoms with Crippen molar-refractivity contribution in [3.63, 3.8) is 0 Å². The highest BCUT2D eigenvalue weighted by molar-refractivity contribution is 8.04. The van der Waals surface area contributed by atoms with Crippen LogP contribution in [-0.2, 0) is 0 Å². The zero-order chi connectivity index (χ0) is 16.2. The molecule has 0 heterocycles. The molecule has 2 heteroatoms. The van der Waals surface area contributed by atoms with Crippen molar-refractivity contribution in [2.24, 2.45) is 0 Å². The molecule has 0 aliphatic heterocycles. The molecule has 2 aliphatic carbocycles. The van der Waals surface area contributed by atoms with Crippen LogP contribution in [0.1, 0.15) is 23.1 Å². The summed E-state index contributed by atoms with van der Waals surface area (Å²) in [5, 5.41) is 0. The van der Waals surface area contributed by atoms with Gasteiger partial charge >= 0.3 is 0 Å². The Balaban J connectivity index is 1.94. The zero-order valence-electron chi connectivity index (χ0n) is 13.6. The molecule has 2 aliphatic rings. The summed E-state index contributed by atoms with van der Waals surface area (Å²) in [7, 11) is 0. The summed E-state index contributed by atoms with van der Waals surface area (Å²) in [6, 6.07) is 2.31. The van der Waals surface area contributed by atoms with E-state index in [9.17, 15) is 0 Å². The lowest BCUT2D eigenvalue weighted by molar-refractivity contribution is 1.10. The molecule has 23 heavy (non-hydrogen) atoms. The molecule has 0 amide bonds. The molecular formula is C21H19S2+. The summed E-state index contributed by atoms with van der Waals surface area (Å²) in [4.78, 5) is 5.39. The summed E-state index contributed by atoms with van der Waals surface area (Å²) in [6.45, 7) is 6.66. The first-order chi connectivity index (χ1) is 11.1. The van der Waals surface area contributed by atoms with Gasteiger partial charge in [0.25, 0.3) is 0 Å². The van der Waals surface area contributed by atoms with E-state index in [-0.39, 0.29) is 0 Å². The van der Waals surface area contributed by atoms with Crippen molar-refractivity contribution in [3.05, 3.63) is 86.9 Å². The number of aryl methyl sites for hydroxylation is 2. The van der Waals surface area contributed by atoms with Crippen molar-refractivity contribution in [1.82, 2.24) is 0 Å². The predicted octanol–water partition coefficient (Wildman–Crippen LogP) is 6.61. The second-order valence-electron chi connectivity index (χ2n) is 5.61. The van der Waals surface area contributed by atoms with Gasteiger partial charge in [-0.05, 0) is 60.6 Å². The van der Waals surface area contributed by atoms with Gasteiger partial charge in [-0.15, -0.1) is 5.73 Å². The molecule has 0 fully saturated rings. The van der Waals surface area contributed by atoms with Crippen molar-refractivity contribution < 1.29 is 0 Å². The molecule has 0 saturated carbocycles. The lowest BCUT2D eigenvalue weighted by Gasteiger charge is -2.17. The number of hydrogen-bond acceptors (Lipinski definition) is 2. The number of thioether (sulfide) groups is 2. The molecular weight excluding hydrogens is 316 g/mol. The van der Waals surface area contributed by atoms with Gasteiger partial charge in [-0.2, -0.15) is 0 Å². The summed E-state index contributed by atoms with van der Waals surface area (Å²) >= 11 is 3.74. The summed E-state index contributed by atoms with van der Waals surface area (Å²) in [5.74, 6) is 0. The first-order valence-corrected chi connectivity index (χ1v) is 9.31. The average molecular weight is 336 g/mol. The summed E-state index contributed by atoms with van der Waals surface area (Å²) < 4.78 is 0. The first-order valence-electron chi connectivity index (χ1n) is 7.68. The Hall–Kier alpha value is -1.69. The maximum absolute atomic E-state index is 3.14. The van der Waals surface area contributed by atoms with E-state index >= 15 is 0 Å². The highest BCUT2D eigenvalue weighted by atomic mass is 32.2. The maximum atomic E-state index is 3.14. The van der Waals surface area contributed by atoms with E-state index in [1.54, 1.807) is 0 Å². The lowest BCUT2D eigenvalue weighted by Crippen LogP contribution is -1.94. The predicted molar refractivity (Wildman–Crippen MR) is 103 cm³/mol. The molecule has 0 bridgehead atoms. The first kappa shape index (κ1) is 16.2. The van der Waals surface area contributed by atoms with Crippen LogP contribution in [0.15, 0.2) is 73.9 Å². The van der Waals surface area contributed by atoms with Gasteiger partial charge in [0.1, 0.15) is 17.1 Å². The molecule has 0 spiro atoms. The van der Waals surface area contributed by atoms with Gasteiger partial charge in [0.15, 0.2) is 0 Å². The number of hydrogen-bond donors (Lipinski definition) is 0. The largest absolute Gasteiger partial charge is 0.125 e. The molecule has 0 nitrogen and oxygen atoms in total. The van der Waals surface area contributed by atoms with Crippen molar-refractivity contribution in [2.45, 2.75) is 37.0 Å². The SMILES string of the molecule is Cc1cc(C)c(SC2=CC=C=CC2)c(C)c1SC1=CC=[C+]C=C1. The minimum atomic E-state index is 0.977. The standard InChI is InChI=1S/C21H19S2/c1-15-14-16(2)21(23-19-12-8-5-9-13-19)17(3)20(15)22-18-10-6-4-7-11-18/h6-12,14H,13H2,1-3H3/q+1. The molecule has 114 valence electrons. The number of benzene rings is 1. The summed E-state index contributed by atoms with van der Waals surface area (Å²) in [6.07, 6.45) is 18.5. The van der Waals surface area contributed by atoms with Crippen LogP contribution in [0.5, 0.6) is 0 Å². The smallest absolute Gasteiger partial charge is 0.123 e. The molecule has 0 atom stereocenters. The Kier molecular flexibility index (Phi) is 5.10. The summed E-state index contributed by atoms with van der Waals surface area (Å²) in [5.41, 5.74) is 7.22. The zero-order valence-corrected chi connectivity index (χ0v) is 15.3. The second-order valence-corrected chi connectivity index (χ2v) is 7.83. The van der Waals surface area contributed by atoms with Gasteiger partial charge in [-0.1, -0.05) is 29.6 Å². The fourth-order valence-corrected chi connectivity index (χ4v) is 4.75. The van der Waals surface area contributed by atoms with Crippen LogP contribution in [-0.4, -0.2) is 0 Å². The quantitative estimate of drug-likeness (QED) is 0.448. The fraction of sp³-hybridized carbons (Fsp3) is 0.190. The average Bonchev–Trinajstić information content (AvgIpc) is 2.57. The van der Waals surface area contributed by atoms with Crippen molar-refractivity contribution in [2.75, 3.05) is 0 Å². The van der Waals surface area contributed by atoms with E-state index < -0.39 is 0 Å². The third-order valence-electron chi connectivity index (χ3n) is 3.76. The Morgan fingerprint density at radius 2 is 1.83 bits per heavy atom. The fourth-order valence-electron chi connectivity index (χ4n) is 2.67. The normalized spacial score (nSPS) is 15.4. The molecule has 1 aromatic carbocycles. The maximum Gasteiger partial charge on any atom is 0.123 e. The van der Waals surface area contributed by atoms with Crippen molar-refractivity contribution in [3.8, 4) is 0 Å². The minimum Gasteiger partial charge on any atom is -0.125 e. The van der Waals surface area contributed by atoms with E-state index in [1.165, 1.54) is 36.3 Å². The lowest BCUT2D eigenvalue weighted by atomic mass is 10.1. The van der Waals surface area contributed by atoms with E-state index in [2.05, 4.69) is 62.9 Å². The van der Waals surface area contributed by atoms with Crippen molar-refractivity contribution >= 4 is 23.5 Å². The second kappa shape index (κ2) is 7.25. The third-order valence-corrected chi connectivity index (χ3v) is 6.50. The van der Waals surface area contributed by atoms with Crippen LogP contribution in [0.3, 0.4) is 0 Å². The topological polar surface area (TPSA) is 0 Å². The highest BCUT2D eigenvalue weighted by Crippen LogP contribution is 2.42. The molecule has 0 saturated heterocycles. The van der Waals surface area contributed by atoms with E-state index in [0.717, 1.165) is 6.42 Å². The molecule has 1 aromatic rings. The minimum absolute atomic E-state index is 0.977. The Morgan fingerprint density at radius 1 is 1.04 bits per heavy atom. The molecule has 0 radical (unpaired) electrons. The van der Waals surface area contributed by atoms with Crippen molar-refractivity contribution in [1.29, 1.82) is 0 Å². The van der Waals surface area contributed by atoms with Gasteiger partial charge < -0.3 is 0 Å². The Morgan fingerprint density at radius 3 is 2.48 bits per heavy atom. The molecule has 0 N–H and O–H groups in total. The molecule has 3 rings (SSSR count). The van der Waals surface area contributed by atoms with Crippen LogP contribution in [0.25, 0.3) is 0 Å². The third kappa shape index (κ3) is 3.80. The number of rotatable bonds is 4. The van der Waals surface area contributed by atoms with Crippen LogP contribution in [0.4, 0.5) is 0 Å². The van der Waals surface area contributed by atoms with Gasteiger partial charge in [0.05, 0.1) is 12.2 Å². The van der Waals surface area contributed by atoms with Crippen LogP contribution < -0.4 is 0 Å². The molecule has 0 aromatic heterocycles. The van der Waals surface area contributed by atoms with Gasteiger partial charge in [0.2, 0.25) is 0 Å². The van der Waals surface area contributed by atoms with Crippen LogP contribution in [0.2, 0.25) is 0 Å².